The molecule has 3 nitrogen and oxygen atoms in total. The average Bonchev–Trinajstić information content (AvgIpc) is 2.99. The molecule has 0 atom stereocenters. The minimum absolute atomic E-state index is 0.591. The predicted molar refractivity (Wildman–Crippen MR) is 96.5 cm³/mol. The van der Waals surface area contributed by atoms with E-state index < -0.39 is 0 Å². The minimum Gasteiger partial charge on any atom is -0.282 e. The van der Waals surface area contributed by atoms with Gasteiger partial charge in [0.15, 0.2) is 0 Å². The van der Waals surface area contributed by atoms with Crippen molar-refractivity contribution in [2.45, 2.75) is 73.6 Å². The molecule has 2 rings (SSSR count). The number of aryl methyl sites for hydroxylation is 2. The molecule has 2 aromatic rings. The van der Waals surface area contributed by atoms with E-state index in [2.05, 4.69) is 62.8 Å². The summed E-state index contributed by atoms with van der Waals surface area (Å²) in [6.07, 6.45) is 6.75. The highest BCUT2D eigenvalue weighted by Crippen LogP contribution is 2.17. The normalized spacial score (nSPS) is 9.91. The average molecular weight is 303 g/mol. The molecule has 0 aliphatic heterocycles. The fourth-order valence-corrected chi connectivity index (χ4v) is 2.18. The van der Waals surface area contributed by atoms with Crippen LogP contribution in [-0.4, -0.2) is 15.2 Å². The van der Waals surface area contributed by atoms with Gasteiger partial charge >= 0.3 is 0 Å². The first-order valence-corrected chi connectivity index (χ1v) is 8.39. The Hall–Kier alpha value is -1.64. The van der Waals surface area contributed by atoms with Crippen LogP contribution in [0.1, 0.15) is 82.7 Å². The molecule has 0 amide bonds. The van der Waals surface area contributed by atoms with Crippen molar-refractivity contribution >= 4 is 0 Å². The molecule has 0 bridgehead atoms. The zero-order chi connectivity index (χ0) is 17.1. The molecule has 0 aliphatic carbocycles. The highest BCUT2D eigenvalue weighted by atomic mass is 15.1. The van der Waals surface area contributed by atoms with Gasteiger partial charge in [-0.1, -0.05) is 48.5 Å². The number of nitrogens with zero attached hydrogens (tertiary/aromatic N) is 2. The van der Waals surface area contributed by atoms with Crippen LogP contribution in [0.5, 0.6) is 0 Å². The van der Waals surface area contributed by atoms with Crippen LogP contribution in [0, 0.1) is 6.92 Å². The van der Waals surface area contributed by atoms with Gasteiger partial charge in [0.25, 0.3) is 0 Å². The van der Waals surface area contributed by atoms with Crippen molar-refractivity contribution < 1.29 is 0 Å². The molecule has 0 unspecified atom stereocenters. The Morgan fingerprint density at radius 3 is 1.95 bits per heavy atom. The number of nitrogens with one attached hydrogen (secondary N) is 1. The molecule has 0 aliphatic rings. The Bertz CT molecular complexity index is 513. The van der Waals surface area contributed by atoms with Crippen LogP contribution in [0.4, 0.5) is 0 Å². The van der Waals surface area contributed by atoms with Gasteiger partial charge in [-0.2, -0.15) is 5.10 Å². The summed E-state index contributed by atoms with van der Waals surface area (Å²) in [4.78, 5) is 4.07. The summed E-state index contributed by atoms with van der Waals surface area (Å²) in [5.74, 6) is 1.18. The third-order valence-electron chi connectivity index (χ3n) is 3.43. The fourth-order valence-electron chi connectivity index (χ4n) is 2.18. The molecule has 0 spiro atoms. The van der Waals surface area contributed by atoms with E-state index in [1.807, 2.05) is 32.4 Å². The molecular formula is C19H33N3. The van der Waals surface area contributed by atoms with Crippen LogP contribution in [0.2, 0.25) is 0 Å². The lowest BCUT2D eigenvalue weighted by molar-refractivity contribution is 0.841. The SMILES string of the molecule is CC.CCc1[nH]ncc1C(C)C.Cc1ccncc1C(C)C. The Morgan fingerprint density at radius 2 is 1.59 bits per heavy atom. The Labute approximate surface area is 136 Å². The van der Waals surface area contributed by atoms with Gasteiger partial charge in [0, 0.05) is 18.1 Å². The van der Waals surface area contributed by atoms with E-state index in [-0.39, 0.29) is 0 Å². The standard InChI is InChI=1S/C9H13N.C8H14N2.C2H6/c1-7(2)9-6-10-5-4-8(9)3;1-4-8-7(6(2)3)5-9-10-8;1-2/h4-7H,1-3H3;5-6H,4H2,1-3H3,(H,9,10);1-2H3. The lowest BCUT2D eigenvalue weighted by Gasteiger charge is -2.06. The van der Waals surface area contributed by atoms with Crippen LogP contribution in [0.3, 0.4) is 0 Å². The van der Waals surface area contributed by atoms with Gasteiger partial charge in [0.1, 0.15) is 0 Å². The zero-order valence-corrected chi connectivity index (χ0v) is 15.6. The summed E-state index contributed by atoms with van der Waals surface area (Å²) in [5, 5.41) is 6.98. The Kier molecular flexibility index (Phi) is 10.2. The van der Waals surface area contributed by atoms with Crippen LogP contribution in [-0.2, 0) is 6.42 Å². The second-order valence-electron chi connectivity index (χ2n) is 5.70. The van der Waals surface area contributed by atoms with Gasteiger partial charge in [-0.15, -0.1) is 0 Å². The largest absolute Gasteiger partial charge is 0.282 e. The van der Waals surface area contributed by atoms with Crippen LogP contribution in [0.15, 0.2) is 24.7 Å². The Morgan fingerprint density at radius 1 is 1.00 bits per heavy atom. The fraction of sp³-hybridized carbons (Fsp3) is 0.579. The van der Waals surface area contributed by atoms with Gasteiger partial charge < -0.3 is 0 Å². The van der Waals surface area contributed by atoms with Crippen molar-refractivity contribution in [2.24, 2.45) is 0 Å². The van der Waals surface area contributed by atoms with Gasteiger partial charge in [0.05, 0.1) is 6.20 Å². The molecule has 124 valence electrons. The monoisotopic (exact) mass is 303 g/mol. The van der Waals surface area contributed by atoms with Crippen molar-refractivity contribution in [3.8, 4) is 0 Å². The molecule has 2 aromatic heterocycles. The number of aromatic amines is 1. The van der Waals surface area contributed by atoms with Crippen molar-refractivity contribution in [2.75, 3.05) is 0 Å². The number of H-pyrrole nitrogens is 1. The maximum atomic E-state index is 4.07. The molecule has 2 heterocycles. The number of rotatable bonds is 3. The number of pyridine rings is 1. The van der Waals surface area contributed by atoms with Gasteiger partial charge in [0.2, 0.25) is 0 Å². The van der Waals surface area contributed by atoms with E-state index in [0.29, 0.717) is 11.8 Å². The Balaban J connectivity index is 0.000000360. The summed E-state index contributed by atoms with van der Waals surface area (Å²) in [6, 6.07) is 2.05. The topological polar surface area (TPSA) is 41.6 Å². The number of hydrogen-bond acceptors (Lipinski definition) is 2. The first kappa shape index (κ1) is 20.4. The molecular weight excluding hydrogens is 270 g/mol. The zero-order valence-electron chi connectivity index (χ0n) is 15.6. The maximum Gasteiger partial charge on any atom is 0.0524 e. The van der Waals surface area contributed by atoms with Gasteiger partial charge in [-0.05, 0) is 47.9 Å². The minimum atomic E-state index is 0.591. The van der Waals surface area contributed by atoms with Gasteiger partial charge in [-0.25, -0.2) is 0 Å². The molecule has 22 heavy (non-hydrogen) atoms. The second kappa shape index (κ2) is 11.0. The van der Waals surface area contributed by atoms with Crippen molar-refractivity contribution in [3.63, 3.8) is 0 Å². The van der Waals surface area contributed by atoms with Gasteiger partial charge in [-0.3, -0.25) is 10.1 Å². The third kappa shape index (κ3) is 6.42. The van der Waals surface area contributed by atoms with E-state index in [1.165, 1.54) is 22.4 Å². The smallest absolute Gasteiger partial charge is 0.0524 e. The molecule has 3 heteroatoms. The van der Waals surface area contributed by atoms with E-state index in [0.717, 1.165) is 6.42 Å². The summed E-state index contributed by atoms with van der Waals surface area (Å²) in [7, 11) is 0. The lowest BCUT2D eigenvalue weighted by Crippen LogP contribution is -1.91. The number of hydrogen-bond donors (Lipinski definition) is 1. The summed E-state index contributed by atoms with van der Waals surface area (Å²) >= 11 is 0. The van der Waals surface area contributed by atoms with E-state index >= 15 is 0 Å². The first-order chi connectivity index (χ1) is 10.5. The summed E-state index contributed by atoms with van der Waals surface area (Å²) in [6.45, 7) is 17.0. The van der Waals surface area contributed by atoms with Crippen molar-refractivity contribution in [3.05, 3.63) is 47.0 Å². The third-order valence-corrected chi connectivity index (χ3v) is 3.43. The highest BCUT2D eigenvalue weighted by molar-refractivity contribution is 5.24. The highest BCUT2D eigenvalue weighted by Gasteiger charge is 2.05. The molecule has 0 saturated heterocycles. The second-order valence-corrected chi connectivity index (χ2v) is 5.70. The van der Waals surface area contributed by atoms with Crippen LogP contribution >= 0.6 is 0 Å². The summed E-state index contributed by atoms with van der Waals surface area (Å²) in [5.41, 5.74) is 5.31. The maximum absolute atomic E-state index is 4.07. The van der Waals surface area contributed by atoms with E-state index in [4.69, 9.17) is 0 Å². The quantitative estimate of drug-likeness (QED) is 0.797. The number of aromatic nitrogens is 3. The molecule has 0 aromatic carbocycles. The lowest BCUT2D eigenvalue weighted by atomic mass is 10.0. The van der Waals surface area contributed by atoms with Crippen molar-refractivity contribution in [1.29, 1.82) is 0 Å². The first-order valence-electron chi connectivity index (χ1n) is 8.39. The predicted octanol–water partition coefficient (Wildman–Crippen LogP) is 5.64. The molecule has 1 N–H and O–H groups in total. The van der Waals surface area contributed by atoms with E-state index in [1.54, 1.807) is 0 Å². The molecule has 0 fully saturated rings. The molecule has 0 radical (unpaired) electrons. The van der Waals surface area contributed by atoms with Crippen LogP contribution in [0.25, 0.3) is 0 Å². The van der Waals surface area contributed by atoms with Crippen LogP contribution < -0.4 is 0 Å². The molecule has 0 saturated carbocycles. The summed E-state index contributed by atoms with van der Waals surface area (Å²) < 4.78 is 0. The van der Waals surface area contributed by atoms with E-state index in [9.17, 15) is 0 Å². The van der Waals surface area contributed by atoms with Crippen molar-refractivity contribution in [1.82, 2.24) is 15.2 Å².